The van der Waals surface area contributed by atoms with Crippen molar-refractivity contribution in [2.24, 2.45) is 0 Å². The van der Waals surface area contributed by atoms with Crippen molar-refractivity contribution in [2.75, 3.05) is 19.7 Å². The van der Waals surface area contributed by atoms with E-state index in [0.29, 0.717) is 17.9 Å². The van der Waals surface area contributed by atoms with Crippen molar-refractivity contribution < 1.29 is 9.53 Å². The van der Waals surface area contributed by atoms with E-state index in [-0.39, 0.29) is 0 Å². The number of carbonyl (C=O) groups excluding carboxylic acids is 1. The van der Waals surface area contributed by atoms with Gasteiger partial charge in [-0.2, -0.15) is 0 Å². The lowest BCUT2D eigenvalue weighted by Crippen LogP contribution is -2.38. The standard InChI is InChI=1S/C10H17NO2/c1-2-13-10-6-8-5-9(12)3-4-11(8)7-10/h8,10H,2-7H2,1H3/t8-,10-/m1/s1. The predicted molar refractivity (Wildman–Crippen MR) is 49.6 cm³/mol. The van der Waals surface area contributed by atoms with Crippen LogP contribution in [0.15, 0.2) is 0 Å². The van der Waals surface area contributed by atoms with Crippen molar-refractivity contribution in [3.63, 3.8) is 0 Å². The van der Waals surface area contributed by atoms with Gasteiger partial charge in [-0.15, -0.1) is 0 Å². The second-order valence-corrected chi connectivity index (χ2v) is 3.95. The van der Waals surface area contributed by atoms with Crippen LogP contribution in [-0.2, 0) is 9.53 Å². The first-order valence-electron chi connectivity index (χ1n) is 5.17. The van der Waals surface area contributed by atoms with Crippen LogP contribution in [0, 0.1) is 0 Å². The number of carbonyl (C=O) groups is 1. The highest BCUT2D eigenvalue weighted by Gasteiger charge is 2.36. The normalized spacial score (nSPS) is 35.0. The Labute approximate surface area is 79.0 Å². The first-order valence-corrected chi connectivity index (χ1v) is 5.17. The van der Waals surface area contributed by atoms with Gasteiger partial charge in [-0.25, -0.2) is 0 Å². The minimum Gasteiger partial charge on any atom is -0.377 e. The minimum atomic E-state index is 0.376. The molecule has 0 radical (unpaired) electrons. The Morgan fingerprint density at radius 1 is 1.62 bits per heavy atom. The van der Waals surface area contributed by atoms with Crippen molar-refractivity contribution in [1.29, 1.82) is 0 Å². The van der Waals surface area contributed by atoms with Crippen molar-refractivity contribution in [1.82, 2.24) is 4.90 Å². The maximum absolute atomic E-state index is 11.2. The quantitative estimate of drug-likeness (QED) is 0.635. The smallest absolute Gasteiger partial charge is 0.135 e. The zero-order valence-corrected chi connectivity index (χ0v) is 8.16. The van der Waals surface area contributed by atoms with Gasteiger partial charge in [-0.1, -0.05) is 0 Å². The third-order valence-electron chi connectivity index (χ3n) is 3.03. The molecule has 2 fully saturated rings. The van der Waals surface area contributed by atoms with Gasteiger partial charge >= 0.3 is 0 Å². The highest BCUT2D eigenvalue weighted by atomic mass is 16.5. The molecule has 3 nitrogen and oxygen atoms in total. The van der Waals surface area contributed by atoms with Crippen LogP contribution in [0.25, 0.3) is 0 Å². The number of hydrogen-bond acceptors (Lipinski definition) is 3. The molecule has 0 bridgehead atoms. The lowest BCUT2D eigenvalue weighted by Gasteiger charge is -2.27. The van der Waals surface area contributed by atoms with Gasteiger partial charge in [-0.3, -0.25) is 9.69 Å². The van der Waals surface area contributed by atoms with Crippen LogP contribution >= 0.6 is 0 Å². The van der Waals surface area contributed by atoms with E-state index in [2.05, 4.69) is 4.90 Å². The molecule has 0 aromatic rings. The molecule has 0 aromatic carbocycles. The minimum absolute atomic E-state index is 0.376. The van der Waals surface area contributed by atoms with Gasteiger partial charge in [0.15, 0.2) is 0 Å². The molecular formula is C10H17NO2. The number of ketones is 1. The summed E-state index contributed by atoms with van der Waals surface area (Å²) < 4.78 is 5.58. The lowest BCUT2D eigenvalue weighted by molar-refractivity contribution is -0.122. The predicted octanol–water partition coefficient (Wildman–Crippen LogP) is 0.829. The summed E-state index contributed by atoms with van der Waals surface area (Å²) in [6.07, 6.45) is 2.93. The van der Waals surface area contributed by atoms with Crippen LogP contribution in [0.4, 0.5) is 0 Å². The first kappa shape index (κ1) is 9.16. The molecule has 2 rings (SSSR count). The van der Waals surface area contributed by atoms with Gasteiger partial charge in [0.2, 0.25) is 0 Å². The SMILES string of the molecule is CCO[C@@H]1C[C@H]2CC(=O)CCN2C1. The molecule has 0 aliphatic carbocycles. The number of nitrogens with zero attached hydrogens (tertiary/aromatic N) is 1. The molecule has 0 N–H and O–H groups in total. The molecule has 0 unspecified atom stereocenters. The van der Waals surface area contributed by atoms with Crippen molar-refractivity contribution in [2.45, 2.75) is 38.3 Å². The van der Waals surface area contributed by atoms with E-state index in [9.17, 15) is 4.79 Å². The van der Waals surface area contributed by atoms with Gasteiger partial charge in [0.05, 0.1) is 6.10 Å². The first-order chi connectivity index (χ1) is 6.29. The second kappa shape index (κ2) is 3.76. The maximum atomic E-state index is 11.2. The fraction of sp³-hybridized carbons (Fsp3) is 0.900. The van der Waals surface area contributed by atoms with Crippen molar-refractivity contribution >= 4 is 5.78 Å². The van der Waals surface area contributed by atoms with Crippen LogP contribution in [0.3, 0.4) is 0 Å². The number of hydrogen-bond donors (Lipinski definition) is 0. The Morgan fingerprint density at radius 3 is 3.23 bits per heavy atom. The molecule has 2 atom stereocenters. The maximum Gasteiger partial charge on any atom is 0.135 e. The number of Topliss-reactive ketones (excluding diaryl/α,β-unsaturated/α-hetero) is 1. The topological polar surface area (TPSA) is 29.5 Å². The average Bonchev–Trinajstić information content (AvgIpc) is 2.46. The van der Waals surface area contributed by atoms with E-state index in [4.69, 9.17) is 4.74 Å². The molecule has 0 spiro atoms. The van der Waals surface area contributed by atoms with Gasteiger partial charge in [-0.05, 0) is 13.3 Å². The van der Waals surface area contributed by atoms with Gasteiger partial charge in [0, 0.05) is 38.6 Å². The second-order valence-electron chi connectivity index (χ2n) is 3.95. The molecule has 2 saturated heterocycles. The Kier molecular flexibility index (Phi) is 2.65. The molecule has 2 aliphatic rings. The summed E-state index contributed by atoms with van der Waals surface area (Å²) >= 11 is 0. The lowest BCUT2D eigenvalue weighted by atomic mass is 10.0. The van der Waals surface area contributed by atoms with E-state index < -0.39 is 0 Å². The largest absolute Gasteiger partial charge is 0.377 e. The van der Waals surface area contributed by atoms with Crippen LogP contribution in [0.2, 0.25) is 0 Å². The zero-order valence-electron chi connectivity index (χ0n) is 8.16. The average molecular weight is 183 g/mol. The summed E-state index contributed by atoms with van der Waals surface area (Å²) in [4.78, 5) is 13.6. The molecule has 0 saturated carbocycles. The summed E-state index contributed by atoms with van der Waals surface area (Å²) in [7, 11) is 0. The Bertz CT molecular complexity index is 205. The number of ether oxygens (including phenoxy) is 1. The molecule has 2 heterocycles. The molecule has 0 aromatic heterocycles. The molecular weight excluding hydrogens is 166 g/mol. The molecule has 13 heavy (non-hydrogen) atoms. The van der Waals surface area contributed by atoms with E-state index in [1.54, 1.807) is 0 Å². The highest BCUT2D eigenvalue weighted by Crippen LogP contribution is 2.26. The van der Waals surface area contributed by atoms with Gasteiger partial charge < -0.3 is 4.74 Å². The van der Waals surface area contributed by atoms with Gasteiger partial charge in [0.25, 0.3) is 0 Å². The van der Waals surface area contributed by atoms with E-state index in [1.807, 2.05) is 6.92 Å². The third kappa shape index (κ3) is 1.92. The molecule has 2 aliphatic heterocycles. The van der Waals surface area contributed by atoms with E-state index >= 15 is 0 Å². The monoisotopic (exact) mass is 183 g/mol. The van der Waals surface area contributed by atoms with Crippen LogP contribution < -0.4 is 0 Å². The fourth-order valence-corrected chi connectivity index (χ4v) is 2.41. The van der Waals surface area contributed by atoms with Crippen molar-refractivity contribution in [3.8, 4) is 0 Å². The Hall–Kier alpha value is -0.410. The van der Waals surface area contributed by atoms with Crippen LogP contribution in [0.1, 0.15) is 26.2 Å². The number of fused-ring (bicyclic) bond motifs is 1. The molecule has 74 valence electrons. The molecule has 3 heteroatoms. The Morgan fingerprint density at radius 2 is 2.46 bits per heavy atom. The highest BCUT2D eigenvalue weighted by molar-refractivity contribution is 5.80. The zero-order chi connectivity index (χ0) is 9.26. The summed E-state index contributed by atoms with van der Waals surface area (Å²) in [5.74, 6) is 0.429. The summed E-state index contributed by atoms with van der Waals surface area (Å²) in [5, 5.41) is 0. The van der Waals surface area contributed by atoms with Crippen LogP contribution in [-0.4, -0.2) is 42.5 Å². The summed E-state index contributed by atoms with van der Waals surface area (Å²) in [6.45, 7) is 4.81. The molecule has 0 amide bonds. The van der Waals surface area contributed by atoms with Crippen molar-refractivity contribution in [3.05, 3.63) is 0 Å². The fourth-order valence-electron chi connectivity index (χ4n) is 2.41. The van der Waals surface area contributed by atoms with E-state index in [1.165, 1.54) is 0 Å². The van der Waals surface area contributed by atoms with E-state index in [0.717, 1.165) is 39.0 Å². The number of rotatable bonds is 2. The third-order valence-corrected chi connectivity index (χ3v) is 3.03. The Balaban J connectivity index is 1.90. The number of piperidine rings is 1. The summed E-state index contributed by atoms with van der Waals surface area (Å²) in [6, 6.07) is 0.484. The van der Waals surface area contributed by atoms with Gasteiger partial charge in [0.1, 0.15) is 5.78 Å². The summed E-state index contributed by atoms with van der Waals surface area (Å²) in [5.41, 5.74) is 0. The van der Waals surface area contributed by atoms with Crippen LogP contribution in [0.5, 0.6) is 0 Å².